The maximum Gasteiger partial charge on any atom is 0.221 e. The van der Waals surface area contributed by atoms with E-state index in [0.29, 0.717) is 32.8 Å². The van der Waals surface area contributed by atoms with Crippen LogP contribution in [0, 0.1) is 0 Å². The Labute approximate surface area is 130 Å². The SMILES string of the molecule is O=C(CCS(=O)(=O)N1CCOCC1)NCCSCCCO. The fraction of sp³-hybridized carbons (Fsp3) is 0.917. The molecule has 1 heterocycles. The lowest BCUT2D eigenvalue weighted by Crippen LogP contribution is -2.42. The number of hydrogen-bond acceptors (Lipinski definition) is 6. The minimum atomic E-state index is -3.36. The molecule has 2 N–H and O–H groups in total. The van der Waals surface area contributed by atoms with E-state index in [2.05, 4.69) is 5.32 Å². The van der Waals surface area contributed by atoms with Crippen molar-refractivity contribution in [1.29, 1.82) is 0 Å². The maximum absolute atomic E-state index is 12.0. The predicted molar refractivity (Wildman–Crippen MR) is 82.8 cm³/mol. The Kier molecular flexibility index (Phi) is 9.25. The molecule has 0 aliphatic carbocycles. The molecule has 124 valence electrons. The molecule has 0 unspecified atom stereocenters. The number of aliphatic hydroxyl groups is 1. The summed E-state index contributed by atoms with van der Waals surface area (Å²) < 4.78 is 30.5. The smallest absolute Gasteiger partial charge is 0.221 e. The van der Waals surface area contributed by atoms with Crippen molar-refractivity contribution in [2.24, 2.45) is 0 Å². The van der Waals surface area contributed by atoms with Crippen molar-refractivity contribution in [3.05, 3.63) is 0 Å². The Balaban J connectivity index is 2.14. The second kappa shape index (κ2) is 10.4. The molecule has 0 radical (unpaired) electrons. The summed E-state index contributed by atoms with van der Waals surface area (Å²) in [4.78, 5) is 11.6. The van der Waals surface area contributed by atoms with Crippen LogP contribution in [0.4, 0.5) is 0 Å². The second-order valence-electron chi connectivity index (χ2n) is 4.62. The third-order valence-electron chi connectivity index (χ3n) is 2.97. The number of hydrogen-bond donors (Lipinski definition) is 2. The van der Waals surface area contributed by atoms with E-state index in [1.807, 2.05) is 0 Å². The molecule has 0 spiro atoms. The minimum absolute atomic E-state index is 0.0129. The molecule has 0 aromatic carbocycles. The van der Waals surface area contributed by atoms with E-state index >= 15 is 0 Å². The Morgan fingerprint density at radius 2 is 2.00 bits per heavy atom. The van der Waals surface area contributed by atoms with Gasteiger partial charge in [-0.3, -0.25) is 4.79 Å². The standard InChI is InChI=1S/C12H24N2O5S2/c15-6-1-9-20-10-3-13-12(16)2-11-21(17,18)14-4-7-19-8-5-14/h15H,1-11H2,(H,13,16). The lowest BCUT2D eigenvalue weighted by atomic mass is 10.4. The largest absolute Gasteiger partial charge is 0.396 e. The van der Waals surface area contributed by atoms with E-state index in [-0.39, 0.29) is 24.7 Å². The molecule has 1 aliphatic heterocycles. The lowest BCUT2D eigenvalue weighted by Gasteiger charge is -2.25. The zero-order valence-electron chi connectivity index (χ0n) is 12.1. The highest BCUT2D eigenvalue weighted by atomic mass is 32.2. The fourth-order valence-corrected chi connectivity index (χ4v) is 3.99. The van der Waals surface area contributed by atoms with Crippen molar-refractivity contribution in [2.45, 2.75) is 12.8 Å². The molecule has 0 bridgehead atoms. The third-order valence-corrected chi connectivity index (χ3v) is 5.91. The molecule has 21 heavy (non-hydrogen) atoms. The van der Waals surface area contributed by atoms with Crippen molar-refractivity contribution in [3.8, 4) is 0 Å². The van der Waals surface area contributed by atoms with Crippen LogP contribution in [0.5, 0.6) is 0 Å². The van der Waals surface area contributed by atoms with Crippen LogP contribution in [0.25, 0.3) is 0 Å². The van der Waals surface area contributed by atoms with Crippen LogP contribution < -0.4 is 5.32 Å². The fourth-order valence-electron chi connectivity index (χ4n) is 1.80. The first-order chi connectivity index (χ1) is 10.1. The zero-order valence-corrected chi connectivity index (χ0v) is 13.8. The summed E-state index contributed by atoms with van der Waals surface area (Å²) in [6, 6.07) is 0. The number of rotatable bonds is 10. The molecule has 0 atom stereocenters. The highest BCUT2D eigenvalue weighted by molar-refractivity contribution is 7.99. The molecule has 1 fully saturated rings. The summed E-state index contributed by atoms with van der Waals surface area (Å²) in [5, 5.41) is 11.3. The van der Waals surface area contributed by atoms with Gasteiger partial charge in [0.25, 0.3) is 0 Å². The summed E-state index contributed by atoms with van der Waals surface area (Å²) in [5.41, 5.74) is 0. The number of amides is 1. The number of thioether (sulfide) groups is 1. The van der Waals surface area contributed by atoms with Crippen LogP contribution >= 0.6 is 11.8 Å². The van der Waals surface area contributed by atoms with Crippen LogP contribution in [0.1, 0.15) is 12.8 Å². The number of aliphatic hydroxyl groups excluding tert-OH is 1. The summed E-state index contributed by atoms with van der Waals surface area (Å²) in [6.07, 6.45) is 0.734. The molecule has 7 nitrogen and oxygen atoms in total. The molecule has 1 saturated heterocycles. The van der Waals surface area contributed by atoms with Gasteiger partial charge in [0.15, 0.2) is 0 Å². The summed E-state index contributed by atoms with van der Waals surface area (Å²) >= 11 is 1.65. The zero-order chi connectivity index (χ0) is 15.6. The van der Waals surface area contributed by atoms with E-state index in [1.54, 1.807) is 11.8 Å². The Morgan fingerprint density at radius 1 is 1.29 bits per heavy atom. The molecular weight excluding hydrogens is 316 g/mol. The third kappa shape index (κ3) is 8.01. The summed E-state index contributed by atoms with van der Waals surface area (Å²) in [5.74, 6) is 1.23. The van der Waals surface area contributed by atoms with Gasteiger partial charge in [-0.1, -0.05) is 0 Å². The Hall–Kier alpha value is -0.350. The molecular formula is C12H24N2O5S2. The first kappa shape index (κ1) is 18.7. The van der Waals surface area contributed by atoms with Gasteiger partial charge in [0.2, 0.25) is 15.9 Å². The molecule has 9 heteroatoms. The van der Waals surface area contributed by atoms with Gasteiger partial charge >= 0.3 is 0 Å². The van der Waals surface area contributed by atoms with Crippen LogP contribution in [0.3, 0.4) is 0 Å². The number of nitrogens with one attached hydrogen (secondary N) is 1. The van der Waals surface area contributed by atoms with E-state index in [1.165, 1.54) is 4.31 Å². The maximum atomic E-state index is 12.0. The van der Waals surface area contributed by atoms with Crippen molar-refractivity contribution in [2.75, 3.05) is 56.7 Å². The van der Waals surface area contributed by atoms with Gasteiger partial charge < -0.3 is 15.2 Å². The molecule has 0 aromatic rings. The van der Waals surface area contributed by atoms with Crippen molar-refractivity contribution in [3.63, 3.8) is 0 Å². The average molecular weight is 340 g/mol. The molecule has 1 rings (SSSR count). The van der Waals surface area contributed by atoms with Crippen LogP contribution in [0.2, 0.25) is 0 Å². The number of carbonyl (C=O) groups is 1. The average Bonchev–Trinajstić information content (AvgIpc) is 2.50. The number of nitrogens with zero attached hydrogens (tertiary/aromatic N) is 1. The van der Waals surface area contributed by atoms with Crippen LogP contribution in [-0.2, 0) is 19.6 Å². The van der Waals surface area contributed by atoms with Crippen molar-refractivity contribution < 1.29 is 23.1 Å². The Bertz CT molecular complexity index is 396. The van der Waals surface area contributed by atoms with Gasteiger partial charge in [-0.2, -0.15) is 16.1 Å². The van der Waals surface area contributed by atoms with Gasteiger partial charge in [-0.15, -0.1) is 0 Å². The summed E-state index contributed by atoms with van der Waals surface area (Å²) in [7, 11) is -3.36. The topological polar surface area (TPSA) is 95.9 Å². The van der Waals surface area contributed by atoms with Gasteiger partial charge in [0.05, 0.1) is 19.0 Å². The van der Waals surface area contributed by atoms with Crippen molar-refractivity contribution in [1.82, 2.24) is 9.62 Å². The van der Waals surface area contributed by atoms with Gasteiger partial charge in [0, 0.05) is 38.4 Å². The normalized spacial score (nSPS) is 16.8. The van der Waals surface area contributed by atoms with Crippen LogP contribution in [0.15, 0.2) is 0 Å². The molecule has 0 aromatic heterocycles. The number of carbonyl (C=O) groups excluding carboxylic acids is 1. The van der Waals surface area contributed by atoms with Gasteiger partial charge in [-0.05, 0) is 12.2 Å². The quantitative estimate of drug-likeness (QED) is 0.509. The minimum Gasteiger partial charge on any atom is -0.396 e. The van der Waals surface area contributed by atoms with Gasteiger partial charge in [0.1, 0.15) is 0 Å². The van der Waals surface area contributed by atoms with Gasteiger partial charge in [-0.25, -0.2) is 8.42 Å². The predicted octanol–water partition coefficient (Wildman–Crippen LogP) is -0.730. The first-order valence-corrected chi connectivity index (χ1v) is 9.83. The van der Waals surface area contributed by atoms with E-state index in [9.17, 15) is 13.2 Å². The monoisotopic (exact) mass is 340 g/mol. The highest BCUT2D eigenvalue weighted by Crippen LogP contribution is 2.07. The Morgan fingerprint density at radius 3 is 2.67 bits per heavy atom. The number of sulfonamides is 1. The number of morpholine rings is 1. The van der Waals surface area contributed by atoms with E-state index < -0.39 is 10.0 Å². The van der Waals surface area contributed by atoms with Crippen LogP contribution in [-0.4, -0.2) is 80.5 Å². The van der Waals surface area contributed by atoms with E-state index in [0.717, 1.165) is 17.9 Å². The van der Waals surface area contributed by atoms with E-state index in [4.69, 9.17) is 9.84 Å². The molecule has 1 amide bonds. The number of ether oxygens (including phenoxy) is 1. The second-order valence-corrected chi connectivity index (χ2v) is 7.93. The lowest BCUT2D eigenvalue weighted by molar-refractivity contribution is -0.120. The molecule has 1 aliphatic rings. The highest BCUT2D eigenvalue weighted by Gasteiger charge is 2.24. The molecule has 0 saturated carbocycles. The summed E-state index contributed by atoms with van der Waals surface area (Å²) in [6.45, 7) is 2.26. The first-order valence-electron chi connectivity index (χ1n) is 7.07. The van der Waals surface area contributed by atoms with Crippen molar-refractivity contribution >= 4 is 27.7 Å².